The number of rotatable bonds is 1. The second kappa shape index (κ2) is 4.80. The van der Waals surface area contributed by atoms with Crippen molar-refractivity contribution in [3.05, 3.63) is 39.2 Å². The van der Waals surface area contributed by atoms with Gasteiger partial charge in [0.2, 0.25) is 0 Å². The van der Waals surface area contributed by atoms with Crippen LogP contribution in [0.3, 0.4) is 0 Å². The number of benzene rings is 1. The van der Waals surface area contributed by atoms with Gasteiger partial charge in [-0.3, -0.25) is 0 Å². The molecule has 1 aromatic heterocycles. The summed E-state index contributed by atoms with van der Waals surface area (Å²) in [6.07, 6.45) is 0. The molecule has 0 saturated carbocycles. The van der Waals surface area contributed by atoms with Gasteiger partial charge in [-0.2, -0.15) is 5.10 Å². The fourth-order valence-corrected chi connectivity index (χ4v) is 2.66. The Morgan fingerprint density at radius 2 is 2.00 bits per heavy atom. The van der Waals surface area contributed by atoms with Gasteiger partial charge in [-0.1, -0.05) is 32.4 Å². The van der Waals surface area contributed by atoms with Crippen molar-refractivity contribution in [1.82, 2.24) is 9.78 Å². The second-order valence-corrected chi connectivity index (χ2v) is 6.51. The normalized spacial score (nSPS) is 11.9. The fourth-order valence-electron chi connectivity index (χ4n) is 1.70. The molecule has 0 saturated heterocycles. The van der Waals surface area contributed by atoms with Crippen molar-refractivity contribution in [3.8, 4) is 5.69 Å². The smallest absolute Gasteiger partial charge is 0.143 e. The first-order valence-corrected chi connectivity index (χ1v) is 6.89. The van der Waals surface area contributed by atoms with Crippen LogP contribution in [0.25, 0.3) is 5.69 Å². The van der Waals surface area contributed by atoms with Gasteiger partial charge in [0.05, 0.1) is 20.9 Å². The minimum Gasteiger partial charge on any atom is -0.383 e. The molecule has 0 aliphatic rings. The van der Waals surface area contributed by atoms with E-state index in [1.807, 2.05) is 20.8 Å². The first-order chi connectivity index (χ1) is 8.71. The van der Waals surface area contributed by atoms with E-state index in [1.165, 1.54) is 16.8 Å². The highest BCUT2D eigenvalue weighted by Gasteiger charge is 2.25. The molecule has 19 heavy (non-hydrogen) atoms. The highest BCUT2D eigenvalue weighted by molar-refractivity contribution is 9.10. The van der Waals surface area contributed by atoms with Crippen LogP contribution in [0, 0.1) is 5.82 Å². The number of nitrogen functional groups attached to an aromatic ring is 1. The number of anilines is 1. The van der Waals surface area contributed by atoms with Gasteiger partial charge in [0, 0.05) is 11.5 Å². The van der Waals surface area contributed by atoms with E-state index in [4.69, 9.17) is 17.3 Å². The SMILES string of the molecule is CC(C)(C)c1nn(-c2ccc(Cl)c(F)c2)c(N)c1Br. The van der Waals surface area contributed by atoms with Gasteiger partial charge in [0.25, 0.3) is 0 Å². The quantitative estimate of drug-likeness (QED) is 0.836. The average molecular weight is 347 g/mol. The van der Waals surface area contributed by atoms with E-state index >= 15 is 0 Å². The van der Waals surface area contributed by atoms with Gasteiger partial charge in [-0.05, 0) is 28.1 Å². The number of hydrogen-bond acceptors (Lipinski definition) is 2. The summed E-state index contributed by atoms with van der Waals surface area (Å²) < 4.78 is 15.7. The van der Waals surface area contributed by atoms with Crippen molar-refractivity contribution >= 4 is 33.3 Å². The Balaban J connectivity index is 2.60. The monoisotopic (exact) mass is 345 g/mol. The summed E-state index contributed by atoms with van der Waals surface area (Å²) in [5.74, 6) is -0.0610. The fraction of sp³-hybridized carbons (Fsp3) is 0.308. The molecular weight excluding hydrogens is 333 g/mol. The van der Waals surface area contributed by atoms with E-state index in [0.29, 0.717) is 11.5 Å². The van der Waals surface area contributed by atoms with Gasteiger partial charge in [0.15, 0.2) is 0 Å². The molecule has 0 radical (unpaired) electrons. The zero-order valence-electron chi connectivity index (χ0n) is 10.8. The molecule has 1 heterocycles. The molecule has 0 unspecified atom stereocenters. The Morgan fingerprint density at radius 3 is 2.47 bits per heavy atom. The molecule has 2 aromatic rings. The molecule has 3 nitrogen and oxygen atoms in total. The first kappa shape index (κ1) is 14.3. The van der Waals surface area contributed by atoms with E-state index in [2.05, 4.69) is 21.0 Å². The minimum atomic E-state index is -0.498. The van der Waals surface area contributed by atoms with E-state index in [-0.39, 0.29) is 10.4 Å². The molecule has 0 amide bonds. The van der Waals surface area contributed by atoms with Crippen molar-refractivity contribution < 1.29 is 4.39 Å². The van der Waals surface area contributed by atoms with Gasteiger partial charge in [-0.25, -0.2) is 9.07 Å². The number of hydrogen-bond donors (Lipinski definition) is 1. The summed E-state index contributed by atoms with van der Waals surface area (Å²) in [6, 6.07) is 4.47. The van der Waals surface area contributed by atoms with Gasteiger partial charge in [-0.15, -0.1) is 0 Å². The van der Waals surface area contributed by atoms with Crippen LogP contribution in [0.5, 0.6) is 0 Å². The van der Waals surface area contributed by atoms with Gasteiger partial charge >= 0.3 is 0 Å². The summed E-state index contributed by atoms with van der Waals surface area (Å²) >= 11 is 9.11. The predicted octanol–water partition coefficient (Wildman–Crippen LogP) is 4.31. The Morgan fingerprint density at radius 1 is 1.37 bits per heavy atom. The van der Waals surface area contributed by atoms with E-state index in [0.717, 1.165) is 10.2 Å². The highest BCUT2D eigenvalue weighted by Crippen LogP contribution is 2.34. The number of nitrogens with two attached hydrogens (primary N) is 1. The van der Waals surface area contributed by atoms with Gasteiger partial charge < -0.3 is 5.73 Å². The molecular formula is C13H14BrClFN3. The maximum atomic E-state index is 13.5. The van der Waals surface area contributed by atoms with Crippen LogP contribution in [0.15, 0.2) is 22.7 Å². The topological polar surface area (TPSA) is 43.8 Å². The van der Waals surface area contributed by atoms with E-state index in [9.17, 15) is 4.39 Å². The molecule has 102 valence electrons. The summed E-state index contributed by atoms with van der Waals surface area (Å²) in [5, 5.41) is 4.53. The van der Waals surface area contributed by atoms with Crippen LogP contribution >= 0.6 is 27.5 Å². The Bertz CT molecular complexity index is 632. The van der Waals surface area contributed by atoms with E-state index in [1.54, 1.807) is 6.07 Å². The summed E-state index contributed by atoms with van der Waals surface area (Å²) in [5.41, 5.74) is 7.21. The molecule has 0 fully saturated rings. The summed E-state index contributed by atoms with van der Waals surface area (Å²) in [6.45, 7) is 6.10. The Kier molecular flexibility index (Phi) is 3.62. The van der Waals surface area contributed by atoms with Crippen molar-refractivity contribution in [1.29, 1.82) is 0 Å². The van der Waals surface area contributed by atoms with Crippen LogP contribution in [0.1, 0.15) is 26.5 Å². The zero-order valence-corrected chi connectivity index (χ0v) is 13.2. The predicted molar refractivity (Wildman–Crippen MR) is 79.3 cm³/mol. The van der Waals surface area contributed by atoms with Crippen LogP contribution in [-0.4, -0.2) is 9.78 Å². The van der Waals surface area contributed by atoms with Crippen LogP contribution in [0.4, 0.5) is 10.2 Å². The molecule has 2 rings (SSSR count). The third-order valence-electron chi connectivity index (χ3n) is 2.72. The third kappa shape index (κ3) is 2.62. The minimum absolute atomic E-state index is 0.0737. The van der Waals surface area contributed by atoms with Crippen molar-refractivity contribution in [2.45, 2.75) is 26.2 Å². The van der Waals surface area contributed by atoms with Gasteiger partial charge in [0.1, 0.15) is 11.6 Å². The maximum Gasteiger partial charge on any atom is 0.143 e. The highest BCUT2D eigenvalue weighted by atomic mass is 79.9. The second-order valence-electron chi connectivity index (χ2n) is 5.31. The summed E-state index contributed by atoms with van der Waals surface area (Å²) in [7, 11) is 0. The molecule has 0 spiro atoms. The molecule has 1 aromatic carbocycles. The average Bonchev–Trinajstić information content (AvgIpc) is 2.60. The Labute approximate surface area is 124 Å². The lowest BCUT2D eigenvalue weighted by Gasteiger charge is -2.15. The van der Waals surface area contributed by atoms with E-state index < -0.39 is 5.82 Å². The van der Waals surface area contributed by atoms with Crippen LogP contribution in [-0.2, 0) is 5.41 Å². The van der Waals surface area contributed by atoms with Crippen LogP contribution in [0.2, 0.25) is 5.02 Å². The Hall–Kier alpha value is -1.07. The molecule has 0 bridgehead atoms. The molecule has 0 aliphatic heterocycles. The first-order valence-electron chi connectivity index (χ1n) is 5.71. The largest absolute Gasteiger partial charge is 0.383 e. The molecule has 0 atom stereocenters. The van der Waals surface area contributed by atoms with Crippen molar-refractivity contribution in [2.24, 2.45) is 0 Å². The standard InChI is InChI=1S/C13H14BrClFN3/c1-13(2,3)11-10(14)12(17)19(18-11)7-4-5-8(15)9(16)6-7/h4-6H,17H2,1-3H3. The van der Waals surface area contributed by atoms with Crippen molar-refractivity contribution in [3.63, 3.8) is 0 Å². The number of aromatic nitrogens is 2. The third-order valence-corrected chi connectivity index (χ3v) is 3.81. The van der Waals surface area contributed by atoms with Crippen LogP contribution < -0.4 is 5.73 Å². The number of nitrogens with zero attached hydrogens (tertiary/aromatic N) is 2. The molecule has 0 aliphatic carbocycles. The lowest BCUT2D eigenvalue weighted by Crippen LogP contribution is -2.13. The molecule has 2 N–H and O–H groups in total. The molecule has 6 heteroatoms. The lowest BCUT2D eigenvalue weighted by molar-refractivity contribution is 0.557. The zero-order chi connectivity index (χ0) is 14.4. The lowest BCUT2D eigenvalue weighted by atomic mass is 9.92. The number of halogens is 3. The van der Waals surface area contributed by atoms with Crippen molar-refractivity contribution in [2.75, 3.05) is 5.73 Å². The maximum absolute atomic E-state index is 13.5. The summed E-state index contributed by atoms with van der Waals surface area (Å²) in [4.78, 5) is 0.